The van der Waals surface area contributed by atoms with Gasteiger partial charge in [0.1, 0.15) is 0 Å². The Labute approximate surface area is 161 Å². The van der Waals surface area contributed by atoms with Crippen molar-refractivity contribution in [2.45, 2.75) is 44.6 Å². The summed E-state index contributed by atoms with van der Waals surface area (Å²) in [6.07, 6.45) is 10.0. The molecule has 2 N–H and O–H groups in total. The van der Waals surface area contributed by atoms with E-state index in [0.29, 0.717) is 11.5 Å². The second kappa shape index (κ2) is 9.70. The minimum Gasteiger partial charge on any atom is -0.469 e. The zero-order valence-corrected chi connectivity index (χ0v) is 16.1. The summed E-state index contributed by atoms with van der Waals surface area (Å²) in [6.45, 7) is 2.19. The van der Waals surface area contributed by atoms with Gasteiger partial charge < -0.3 is 15.4 Å². The Kier molecular flexibility index (Phi) is 7.04. The van der Waals surface area contributed by atoms with E-state index in [1.54, 1.807) is 0 Å². The summed E-state index contributed by atoms with van der Waals surface area (Å²) in [5, 5.41) is 6.48. The predicted octanol–water partition coefficient (Wildman–Crippen LogP) is 3.16. The average molecular weight is 370 g/mol. The zero-order chi connectivity index (χ0) is 19.1. The summed E-state index contributed by atoms with van der Waals surface area (Å²) in [5.74, 6) is 0.460. The van der Waals surface area contributed by atoms with Crippen LogP contribution in [0.2, 0.25) is 0 Å². The molecule has 5 heteroatoms. The summed E-state index contributed by atoms with van der Waals surface area (Å²) in [4.78, 5) is 24.1. The van der Waals surface area contributed by atoms with Crippen molar-refractivity contribution in [1.82, 2.24) is 10.6 Å². The smallest absolute Gasteiger partial charge is 0.308 e. The molecule has 0 bridgehead atoms. The van der Waals surface area contributed by atoms with Crippen LogP contribution in [0, 0.1) is 11.8 Å². The number of amides is 1. The first-order valence-corrected chi connectivity index (χ1v) is 10.0. The fraction of sp³-hybridized carbons (Fsp3) is 0.545. The number of rotatable bonds is 5. The quantitative estimate of drug-likeness (QED) is 0.782. The van der Waals surface area contributed by atoms with E-state index in [4.69, 9.17) is 4.74 Å². The summed E-state index contributed by atoms with van der Waals surface area (Å²) in [6, 6.07) is 7.91. The summed E-state index contributed by atoms with van der Waals surface area (Å²) in [5.41, 5.74) is 1.81. The lowest BCUT2D eigenvalue weighted by atomic mass is 9.86. The van der Waals surface area contributed by atoms with Crippen LogP contribution in [0.5, 0.6) is 0 Å². The van der Waals surface area contributed by atoms with E-state index >= 15 is 0 Å². The summed E-state index contributed by atoms with van der Waals surface area (Å²) >= 11 is 0. The van der Waals surface area contributed by atoms with Crippen LogP contribution in [0.3, 0.4) is 0 Å². The molecular formula is C22H30N2O3. The molecule has 27 heavy (non-hydrogen) atoms. The van der Waals surface area contributed by atoms with E-state index in [-0.39, 0.29) is 23.8 Å². The van der Waals surface area contributed by atoms with Crippen molar-refractivity contribution in [3.05, 3.63) is 41.5 Å². The molecule has 1 aliphatic heterocycles. The summed E-state index contributed by atoms with van der Waals surface area (Å²) in [7, 11) is 1.43. The van der Waals surface area contributed by atoms with E-state index in [0.717, 1.165) is 44.3 Å². The van der Waals surface area contributed by atoms with Gasteiger partial charge in [-0.3, -0.25) is 9.59 Å². The van der Waals surface area contributed by atoms with Gasteiger partial charge >= 0.3 is 5.97 Å². The average Bonchev–Trinajstić information content (AvgIpc) is 2.73. The second-order valence-electron chi connectivity index (χ2n) is 7.61. The number of nitrogens with one attached hydrogen (secondary N) is 2. The first-order valence-electron chi connectivity index (χ1n) is 10.0. The van der Waals surface area contributed by atoms with Gasteiger partial charge in [-0.15, -0.1) is 0 Å². The molecule has 146 valence electrons. The standard InChI is InChI=1S/C22H30N2O3/c1-27-22(26)19-8-10-20(11-9-19)24-21(25)18-6-4-16(5-7-18)2-3-17-12-14-23-15-13-17/h2-7,17,19-20,23H,8-15H2,1H3,(H,24,25). The van der Waals surface area contributed by atoms with Gasteiger partial charge in [0.15, 0.2) is 0 Å². The Morgan fingerprint density at radius 3 is 2.33 bits per heavy atom. The number of methoxy groups -OCH3 is 1. The molecule has 1 aromatic carbocycles. The zero-order valence-electron chi connectivity index (χ0n) is 16.1. The number of hydrogen-bond acceptors (Lipinski definition) is 4. The van der Waals surface area contributed by atoms with Crippen molar-refractivity contribution in [2.75, 3.05) is 20.2 Å². The highest BCUT2D eigenvalue weighted by Crippen LogP contribution is 2.25. The topological polar surface area (TPSA) is 67.4 Å². The fourth-order valence-electron chi connectivity index (χ4n) is 3.94. The molecule has 0 unspecified atom stereocenters. The van der Waals surface area contributed by atoms with E-state index in [9.17, 15) is 9.59 Å². The Morgan fingerprint density at radius 2 is 1.70 bits per heavy atom. The Bertz CT molecular complexity index is 655. The number of carbonyl (C=O) groups excluding carboxylic acids is 2. The largest absolute Gasteiger partial charge is 0.469 e. The molecule has 1 aromatic rings. The SMILES string of the molecule is COC(=O)C1CCC(NC(=O)c2ccc(C=CC3CCNCC3)cc2)CC1. The maximum absolute atomic E-state index is 12.5. The van der Waals surface area contributed by atoms with Crippen molar-refractivity contribution in [2.24, 2.45) is 11.8 Å². The lowest BCUT2D eigenvalue weighted by Crippen LogP contribution is -2.38. The van der Waals surface area contributed by atoms with E-state index in [1.807, 2.05) is 24.3 Å². The van der Waals surface area contributed by atoms with Crippen molar-refractivity contribution >= 4 is 18.0 Å². The van der Waals surface area contributed by atoms with Crippen LogP contribution in [0.1, 0.15) is 54.4 Å². The molecule has 0 aromatic heterocycles. The summed E-state index contributed by atoms with van der Waals surface area (Å²) < 4.78 is 4.81. The lowest BCUT2D eigenvalue weighted by Gasteiger charge is -2.27. The van der Waals surface area contributed by atoms with Crippen LogP contribution in [0.25, 0.3) is 6.08 Å². The van der Waals surface area contributed by atoms with Gasteiger partial charge in [-0.1, -0.05) is 24.3 Å². The number of benzene rings is 1. The number of ether oxygens (including phenoxy) is 1. The first kappa shape index (κ1) is 19.6. The lowest BCUT2D eigenvalue weighted by molar-refractivity contribution is -0.146. The van der Waals surface area contributed by atoms with Gasteiger partial charge in [0.05, 0.1) is 13.0 Å². The Morgan fingerprint density at radius 1 is 1.04 bits per heavy atom. The minimum absolute atomic E-state index is 0.0193. The Balaban J connectivity index is 1.47. The number of piperidine rings is 1. The van der Waals surface area contributed by atoms with Crippen molar-refractivity contribution in [3.8, 4) is 0 Å². The molecule has 1 amide bonds. The molecular weight excluding hydrogens is 340 g/mol. The Hall–Kier alpha value is -2.14. The van der Waals surface area contributed by atoms with Gasteiger partial charge in [0.25, 0.3) is 5.91 Å². The third-order valence-corrected chi connectivity index (χ3v) is 5.71. The third kappa shape index (κ3) is 5.67. The van der Waals surface area contributed by atoms with Crippen molar-refractivity contribution < 1.29 is 14.3 Å². The highest BCUT2D eigenvalue weighted by Gasteiger charge is 2.27. The molecule has 2 aliphatic rings. The molecule has 1 saturated carbocycles. The molecule has 1 aliphatic carbocycles. The number of carbonyl (C=O) groups is 2. The fourth-order valence-corrected chi connectivity index (χ4v) is 3.94. The highest BCUT2D eigenvalue weighted by molar-refractivity contribution is 5.94. The molecule has 1 heterocycles. The van der Waals surface area contributed by atoms with E-state index < -0.39 is 0 Å². The molecule has 1 saturated heterocycles. The van der Waals surface area contributed by atoms with E-state index in [2.05, 4.69) is 22.8 Å². The molecule has 5 nitrogen and oxygen atoms in total. The van der Waals surface area contributed by atoms with Crippen LogP contribution in [-0.4, -0.2) is 38.1 Å². The predicted molar refractivity (Wildman–Crippen MR) is 106 cm³/mol. The second-order valence-corrected chi connectivity index (χ2v) is 7.61. The van der Waals surface area contributed by atoms with Gasteiger partial charge in [0, 0.05) is 11.6 Å². The van der Waals surface area contributed by atoms with Gasteiger partial charge in [-0.05, 0) is 75.2 Å². The monoisotopic (exact) mass is 370 g/mol. The van der Waals surface area contributed by atoms with Gasteiger partial charge in [-0.25, -0.2) is 0 Å². The molecule has 3 rings (SSSR count). The van der Waals surface area contributed by atoms with Crippen molar-refractivity contribution in [1.29, 1.82) is 0 Å². The number of allylic oxidation sites excluding steroid dienone is 1. The molecule has 0 spiro atoms. The first-order chi connectivity index (χ1) is 13.2. The van der Waals surface area contributed by atoms with Crippen LogP contribution in [0.15, 0.2) is 30.3 Å². The third-order valence-electron chi connectivity index (χ3n) is 5.71. The maximum Gasteiger partial charge on any atom is 0.308 e. The normalized spacial score (nSPS) is 23.9. The molecule has 2 fully saturated rings. The van der Waals surface area contributed by atoms with Crippen LogP contribution in [-0.2, 0) is 9.53 Å². The van der Waals surface area contributed by atoms with E-state index in [1.165, 1.54) is 20.0 Å². The van der Waals surface area contributed by atoms with Crippen LogP contribution in [0.4, 0.5) is 0 Å². The number of esters is 1. The van der Waals surface area contributed by atoms with Gasteiger partial charge in [-0.2, -0.15) is 0 Å². The maximum atomic E-state index is 12.5. The van der Waals surface area contributed by atoms with Crippen molar-refractivity contribution in [3.63, 3.8) is 0 Å². The minimum atomic E-state index is -0.132. The molecule has 0 radical (unpaired) electrons. The van der Waals surface area contributed by atoms with Crippen LogP contribution >= 0.6 is 0 Å². The molecule has 0 atom stereocenters. The number of hydrogen-bond donors (Lipinski definition) is 2. The van der Waals surface area contributed by atoms with Crippen LogP contribution < -0.4 is 10.6 Å². The highest BCUT2D eigenvalue weighted by atomic mass is 16.5. The van der Waals surface area contributed by atoms with Gasteiger partial charge in [0.2, 0.25) is 0 Å².